The monoisotopic (exact) mass is 519 g/mol. The zero-order valence-corrected chi connectivity index (χ0v) is 23.6. The predicted molar refractivity (Wildman–Crippen MR) is 148 cm³/mol. The summed E-state index contributed by atoms with van der Waals surface area (Å²) in [6.07, 6.45) is 3.95. The molecule has 3 aliphatic heterocycles. The van der Waals surface area contributed by atoms with E-state index in [2.05, 4.69) is 61.8 Å². The zero-order chi connectivity index (χ0) is 27.2. The lowest BCUT2D eigenvalue weighted by atomic mass is 9.77. The molecule has 0 bridgehead atoms. The number of phenols is 1. The lowest BCUT2D eigenvalue weighted by Crippen LogP contribution is -2.54. The van der Waals surface area contributed by atoms with Crippen molar-refractivity contribution in [2.75, 3.05) is 40.5 Å². The molecule has 0 aromatic heterocycles. The summed E-state index contributed by atoms with van der Waals surface area (Å²) in [6, 6.07) is 10.4. The maximum atomic E-state index is 14.0. The number of likely N-dealkylation sites (tertiary alicyclic amines) is 1. The summed E-state index contributed by atoms with van der Waals surface area (Å²) in [4.78, 5) is 20.5. The molecule has 5 rings (SSSR count). The topological polar surface area (TPSA) is 65.5 Å². The van der Waals surface area contributed by atoms with Gasteiger partial charge in [0.25, 0.3) is 0 Å². The highest BCUT2D eigenvalue weighted by atomic mass is 16.5. The van der Waals surface area contributed by atoms with Gasteiger partial charge in [0.05, 0.1) is 25.8 Å². The molecule has 2 fully saturated rings. The van der Waals surface area contributed by atoms with E-state index in [1.165, 1.54) is 16.7 Å². The number of amides is 2. The highest BCUT2D eigenvalue weighted by Crippen LogP contribution is 2.50. The van der Waals surface area contributed by atoms with Gasteiger partial charge in [0.1, 0.15) is 11.5 Å². The lowest BCUT2D eigenvalue weighted by molar-refractivity contribution is 0.0668. The minimum absolute atomic E-state index is 0.0158. The van der Waals surface area contributed by atoms with Gasteiger partial charge < -0.3 is 19.5 Å². The first-order valence-corrected chi connectivity index (χ1v) is 13.6. The average Bonchev–Trinajstić information content (AvgIpc) is 2.95. The third-order valence-corrected chi connectivity index (χ3v) is 8.51. The lowest BCUT2D eigenvalue weighted by Gasteiger charge is -2.45. The molecule has 7 heteroatoms. The van der Waals surface area contributed by atoms with E-state index in [4.69, 9.17) is 9.47 Å². The molecule has 0 aliphatic carbocycles. The van der Waals surface area contributed by atoms with Crippen molar-refractivity contribution < 1.29 is 19.4 Å². The number of hydrogen-bond donors (Lipinski definition) is 1. The number of aryl methyl sites for hydroxylation is 2. The van der Waals surface area contributed by atoms with Crippen molar-refractivity contribution in [1.29, 1.82) is 0 Å². The van der Waals surface area contributed by atoms with Crippen molar-refractivity contribution >= 4 is 6.03 Å². The Morgan fingerprint density at radius 1 is 1.00 bits per heavy atom. The minimum Gasteiger partial charge on any atom is -0.507 e. The van der Waals surface area contributed by atoms with Crippen LogP contribution in [0.3, 0.4) is 0 Å². The Balaban J connectivity index is 1.50. The standard InChI is InChI=1S/C31H41N3O4/c1-21-13-22(2)15-23(14-21)19-32-9-7-31(8-10-32)27-18-30(3,4)28-24(16-25(38-6)17-26(28)35)20-33(27)29(36)34(31)11-12-37-5/h13-18,35H,7-12,19-20H2,1-6H3. The van der Waals surface area contributed by atoms with Crippen LogP contribution in [0.4, 0.5) is 4.79 Å². The molecule has 2 aromatic carbocycles. The number of carbonyl (C=O) groups excluding carboxylic acids is 1. The summed E-state index contributed by atoms with van der Waals surface area (Å²) in [5, 5.41) is 11.0. The molecule has 2 aromatic rings. The number of piperidine rings is 1. The van der Waals surface area contributed by atoms with Gasteiger partial charge >= 0.3 is 6.03 Å². The SMILES string of the molecule is COCCN1C(=O)N2Cc3cc(OC)cc(O)c3C(C)(C)C=C2C12CCN(Cc1cc(C)cc(C)c1)CC2. The van der Waals surface area contributed by atoms with Crippen LogP contribution in [-0.4, -0.2) is 71.8 Å². The van der Waals surface area contributed by atoms with Crippen LogP contribution in [0.1, 0.15) is 54.5 Å². The second kappa shape index (κ2) is 9.93. The number of benzene rings is 2. The number of carbonyl (C=O) groups is 1. The number of ether oxygens (including phenoxy) is 2. The number of hydrogen-bond acceptors (Lipinski definition) is 5. The van der Waals surface area contributed by atoms with E-state index in [-0.39, 0.29) is 11.8 Å². The zero-order valence-electron chi connectivity index (χ0n) is 23.6. The van der Waals surface area contributed by atoms with E-state index >= 15 is 0 Å². The van der Waals surface area contributed by atoms with Gasteiger partial charge in [-0.2, -0.15) is 0 Å². The normalized spacial score (nSPS) is 20.3. The Bertz CT molecular complexity index is 1240. The van der Waals surface area contributed by atoms with E-state index < -0.39 is 11.0 Å². The number of urea groups is 1. The number of nitrogens with zero attached hydrogens (tertiary/aromatic N) is 3. The maximum Gasteiger partial charge on any atom is 0.325 e. The molecular weight excluding hydrogens is 478 g/mol. The van der Waals surface area contributed by atoms with Crippen molar-refractivity contribution in [3.8, 4) is 11.5 Å². The first-order valence-electron chi connectivity index (χ1n) is 13.6. The summed E-state index contributed by atoms with van der Waals surface area (Å²) in [5.41, 5.74) is 5.91. The molecule has 38 heavy (non-hydrogen) atoms. The van der Waals surface area contributed by atoms with Crippen LogP contribution in [0.15, 0.2) is 42.1 Å². The number of aromatic hydroxyl groups is 1. The molecule has 1 N–H and O–H groups in total. The second-order valence-electron chi connectivity index (χ2n) is 11.7. The fraction of sp³-hybridized carbons (Fsp3) is 0.516. The predicted octanol–water partition coefficient (Wildman–Crippen LogP) is 5.11. The number of allylic oxidation sites excluding steroid dienone is 1. The van der Waals surface area contributed by atoms with Crippen LogP contribution in [0.5, 0.6) is 11.5 Å². The third kappa shape index (κ3) is 4.56. The summed E-state index contributed by atoms with van der Waals surface area (Å²) in [5.74, 6) is 0.807. The van der Waals surface area contributed by atoms with Crippen LogP contribution in [0.2, 0.25) is 0 Å². The second-order valence-corrected chi connectivity index (χ2v) is 11.7. The summed E-state index contributed by atoms with van der Waals surface area (Å²) < 4.78 is 10.9. The molecule has 204 valence electrons. The Labute approximate surface area is 226 Å². The van der Waals surface area contributed by atoms with Crippen LogP contribution < -0.4 is 4.74 Å². The van der Waals surface area contributed by atoms with Gasteiger partial charge in [-0.25, -0.2) is 4.79 Å². The molecule has 1 spiro atoms. The van der Waals surface area contributed by atoms with E-state index in [0.717, 1.165) is 49.3 Å². The first-order chi connectivity index (χ1) is 18.1. The van der Waals surface area contributed by atoms with E-state index in [0.29, 0.717) is 25.4 Å². The quantitative estimate of drug-likeness (QED) is 0.575. The molecule has 3 heterocycles. The largest absolute Gasteiger partial charge is 0.507 e. The third-order valence-electron chi connectivity index (χ3n) is 8.51. The molecule has 0 saturated carbocycles. The van der Waals surface area contributed by atoms with E-state index in [9.17, 15) is 9.90 Å². The number of phenolic OH excluding ortho intramolecular Hbond substituents is 1. The van der Waals surface area contributed by atoms with Gasteiger partial charge in [-0.3, -0.25) is 9.80 Å². The summed E-state index contributed by atoms with van der Waals surface area (Å²) in [7, 11) is 3.28. The number of fused-ring (bicyclic) bond motifs is 3. The molecule has 3 aliphatic rings. The Morgan fingerprint density at radius 3 is 2.32 bits per heavy atom. The molecule has 0 atom stereocenters. The highest BCUT2D eigenvalue weighted by Gasteiger charge is 2.56. The minimum atomic E-state index is -0.462. The van der Waals surface area contributed by atoms with Gasteiger partial charge in [-0.15, -0.1) is 0 Å². The summed E-state index contributed by atoms with van der Waals surface area (Å²) >= 11 is 0. The van der Waals surface area contributed by atoms with Gasteiger partial charge in [0.15, 0.2) is 0 Å². The molecule has 2 amide bonds. The molecule has 2 saturated heterocycles. The van der Waals surface area contributed by atoms with Gasteiger partial charge in [0, 0.05) is 56.0 Å². The van der Waals surface area contributed by atoms with Crippen molar-refractivity contribution in [2.45, 2.75) is 64.6 Å². The molecule has 0 radical (unpaired) electrons. The molecular formula is C31H41N3O4. The molecule has 7 nitrogen and oxygen atoms in total. The van der Waals surface area contributed by atoms with Gasteiger partial charge in [-0.05, 0) is 43.9 Å². The van der Waals surface area contributed by atoms with Crippen molar-refractivity contribution in [2.24, 2.45) is 0 Å². The van der Waals surface area contributed by atoms with Crippen molar-refractivity contribution in [1.82, 2.24) is 14.7 Å². The number of rotatable bonds is 6. The Kier molecular flexibility index (Phi) is 6.95. The maximum absolute atomic E-state index is 14.0. The van der Waals surface area contributed by atoms with Gasteiger partial charge in [0.2, 0.25) is 0 Å². The van der Waals surface area contributed by atoms with Crippen LogP contribution in [0, 0.1) is 13.8 Å². The number of methoxy groups -OCH3 is 2. The summed E-state index contributed by atoms with van der Waals surface area (Å²) in [6.45, 7) is 12.7. The first kappa shape index (κ1) is 26.6. The Hall–Kier alpha value is -3.03. The Morgan fingerprint density at radius 2 is 1.68 bits per heavy atom. The van der Waals surface area contributed by atoms with Crippen LogP contribution in [-0.2, 0) is 23.2 Å². The molecule has 0 unspecified atom stereocenters. The average molecular weight is 520 g/mol. The van der Waals surface area contributed by atoms with E-state index in [1.807, 2.05) is 11.0 Å². The van der Waals surface area contributed by atoms with Crippen LogP contribution >= 0.6 is 0 Å². The van der Waals surface area contributed by atoms with Gasteiger partial charge in [-0.1, -0.05) is 49.2 Å². The highest BCUT2D eigenvalue weighted by molar-refractivity contribution is 5.83. The fourth-order valence-corrected chi connectivity index (χ4v) is 6.93. The smallest absolute Gasteiger partial charge is 0.325 e. The van der Waals surface area contributed by atoms with Crippen molar-refractivity contribution in [3.05, 3.63) is 69.9 Å². The van der Waals surface area contributed by atoms with Crippen molar-refractivity contribution in [3.63, 3.8) is 0 Å². The fourth-order valence-electron chi connectivity index (χ4n) is 6.93. The van der Waals surface area contributed by atoms with E-state index in [1.54, 1.807) is 20.3 Å². The van der Waals surface area contributed by atoms with Crippen LogP contribution in [0.25, 0.3) is 0 Å².